The van der Waals surface area contributed by atoms with Crippen molar-refractivity contribution in [3.8, 4) is 17.2 Å². The first-order valence-corrected chi connectivity index (χ1v) is 23.3. The van der Waals surface area contributed by atoms with Gasteiger partial charge in [0.15, 0.2) is 0 Å². The smallest absolute Gasteiger partial charge is 0.410 e. The molecule has 1 saturated carbocycles. The van der Waals surface area contributed by atoms with Crippen LogP contribution < -0.4 is 9.47 Å². The Balaban J connectivity index is 1.35. The number of hydrogen-bond donors (Lipinski definition) is 2. The predicted molar refractivity (Wildman–Crippen MR) is 255 cm³/mol. The van der Waals surface area contributed by atoms with Crippen LogP contribution in [0.25, 0.3) is 10.8 Å². The molecule has 0 aromatic heterocycles. The van der Waals surface area contributed by atoms with Gasteiger partial charge in [0.1, 0.15) is 36.2 Å². The molecule has 0 radical (unpaired) electrons. The van der Waals surface area contributed by atoms with Crippen LogP contribution in [0.15, 0.2) is 145 Å². The van der Waals surface area contributed by atoms with Crippen LogP contribution >= 0.6 is 0 Å². The lowest BCUT2D eigenvalue weighted by Gasteiger charge is -2.59. The first kappa shape index (κ1) is 46.3. The van der Waals surface area contributed by atoms with Crippen LogP contribution in [0.1, 0.15) is 84.8 Å². The quantitative estimate of drug-likeness (QED) is 0.0319. The molecule has 344 valence electrons. The van der Waals surface area contributed by atoms with E-state index >= 15 is 0 Å². The molecule has 5 aromatic rings. The van der Waals surface area contributed by atoms with Crippen molar-refractivity contribution in [3.05, 3.63) is 162 Å². The number of aliphatic hydroxyl groups is 2. The molecule has 11 heteroatoms. The number of allylic oxidation sites excluding steroid dienone is 1. The molecule has 5 aromatic carbocycles. The number of aldehydes is 1. The lowest BCUT2D eigenvalue weighted by Crippen LogP contribution is -2.70. The third kappa shape index (κ3) is 9.94. The molecule has 8 rings (SSSR count). The van der Waals surface area contributed by atoms with Crippen molar-refractivity contribution in [1.29, 1.82) is 0 Å². The van der Waals surface area contributed by atoms with Crippen LogP contribution in [0.2, 0.25) is 0 Å². The molecule has 1 amide bonds. The Morgan fingerprint density at radius 3 is 2.44 bits per heavy atom. The van der Waals surface area contributed by atoms with E-state index in [2.05, 4.69) is 30.9 Å². The van der Waals surface area contributed by atoms with E-state index in [1.165, 1.54) is 0 Å². The summed E-state index contributed by atoms with van der Waals surface area (Å²) in [4.78, 5) is 34.5. The number of carbonyl (C=O) groups excluding carboxylic acids is 2. The Labute approximate surface area is 387 Å². The van der Waals surface area contributed by atoms with Gasteiger partial charge in [-0.25, -0.2) is 4.79 Å². The lowest BCUT2D eigenvalue weighted by atomic mass is 9.55. The number of ether oxygens (including phenoxy) is 4. The van der Waals surface area contributed by atoms with Crippen molar-refractivity contribution in [1.82, 2.24) is 4.90 Å². The van der Waals surface area contributed by atoms with E-state index < -0.39 is 23.8 Å². The second kappa shape index (κ2) is 21.8. The molecule has 6 atom stereocenters. The standard InChI is InChI=1S/C55H60N2O9/c1-3-30-63-55-51(57(54(61)62-4-2)35-42-22-15-21-40-19-8-9-24-45(40)42)34-49(56-64-37-38-16-6-5-7-17-38)47-32-41(20-10-12-28-58)46(25-11-13-29-59)52(53(47)55)48-33-44(26-27-50(48)66-55)65-43-23-14-18-39(31-43)36-60/h3,5-9,14-19,21-24,26-27,31-33,36,41,46,51-53,58-59H,1,4,10-13,20,25,28-30,34-35,37H2,2H3/t41-,46+,51-,52+,53+,55+/m0/s1. The highest BCUT2D eigenvalue weighted by molar-refractivity contribution is 6.03. The van der Waals surface area contributed by atoms with Gasteiger partial charge in [0, 0.05) is 36.7 Å². The average Bonchev–Trinajstić information content (AvgIpc) is 3.34. The van der Waals surface area contributed by atoms with Gasteiger partial charge < -0.3 is 34.0 Å². The molecule has 2 aliphatic carbocycles. The van der Waals surface area contributed by atoms with Crippen molar-refractivity contribution < 1.29 is 43.6 Å². The SMILES string of the molecule is C=CCO[C@@]12Oc3ccc(Oc4cccc(C=O)c4)cc3[C@H]3[C@H](CCCCO)[C@@H](CCCCO)C=C(C(=NOCc4ccccc4)C[C@@H]1N(Cc1cccc4ccccc14)C(=O)OCC)[C@H]32. The zero-order valence-electron chi connectivity index (χ0n) is 37.6. The van der Waals surface area contributed by atoms with Crippen molar-refractivity contribution in [2.75, 3.05) is 26.4 Å². The Hall–Kier alpha value is -6.27. The molecule has 0 bridgehead atoms. The van der Waals surface area contributed by atoms with E-state index in [4.69, 9.17) is 28.9 Å². The summed E-state index contributed by atoms with van der Waals surface area (Å²) in [5, 5.41) is 27.1. The average molecular weight is 893 g/mol. The number of oxime groups is 1. The molecule has 0 spiro atoms. The first-order chi connectivity index (χ1) is 32.4. The van der Waals surface area contributed by atoms with E-state index in [0.717, 1.165) is 65.0 Å². The maximum atomic E-state index is 14.8. The zero-order chi connectivity index (χ0) is 45.9. The van der Waals surface area contributed by atoms with Crippen molar-refractivity contribution in [2.45, 2.75) is 82.8 Å². The van der Waals surface area contributed by atoms with Gasteiger partial charge in [-0.05, 0) is 102 Å². The third-order valence-electron chi connectivity index (χ3n) is 13.2. The highest BCUT2D eigenvalue weighted by Crippen LogP contribution is 2.62. The van der Waals surface area contributed by atoms with Gasteiger partial charge in [-0.15, -0.1) is 6.58 Å². The van der Waals surface area contributed by atoms with Crippen LogP contribution in [0.3, 0.4) is 0 Å². The minimum Gasteiger partial charge on any atom is -0.459 e. The molecule has 0 saturated heterocycles. The number of nitrogens with zero attached hydrogens (tertiary/aromatic N) is 2. The lowest BCUT2D eigenvalue weighted by molar-refractivity contribution is -0.256. The molecule has 1 heterocycles. The Morgan fingerprint density at radius 1 is 0.894 bits per heavy atom. The van der Waals surface area contributed by atoms with E-state index in [1.54, 1.807) is 36.1 Å². The van der Waals surface area contributed by atoms with Gasteiger partial charge in [-0.2, -0.15) is 0 Å². The molecule has 2 N–H and O–H groups in total. The van der Waals surface area contributed by atoms with Gasteiger partial charge in [0.25, 0.3) is 0 Å². The van der Waals surface area contributed by atoms with E-state index in [0.29, 0.717) is 41.4 Å². The fourth-order valence-corrected chi connectivity index (χ4v) is 10.4. The first-order valence-electron chi connectivity index (χ1n) is 23.3. The maximum Gasteiger partial charge on any atom is 0.410 e. The topological polar surface area (TPSA) is 136 Å². The summed E-state index contributed by atoms with van der Waals surface area (Å²) in [6.07, 6.45) is 8.98. The Morgan fingerprint density at radius 2 is 1.65 bits per heavy atom. The van der Waals surface area contributed by atoms with E-state index in [-0.39, 0.29) is 63.8 Å². The maximum absolute atomic E-state index is 14.8. The minimum atomic E-state index is -1.49. The van der Waals surface area contributed by atoms with Gasteiger partial charge in [0.2, 0.25) is 5.79 Å². The van der Waals surface area contributed by atoms with Crippen LogP contribution in [0.5, 0.6) is 17.2 Å². The highest BCUT2D eigenvalue weighted by Gasteiger charge is 2.65. The second-order valence-electron chi connectivity index (χ2n) is 17.3. The number of aliphatic hydroxyl groups excluding tert-OH is 2. The normalized spacial score (nSPS) is 22.3. The molecular formula is C55H60N2O9. The summed E-state index contributed by atoms with van der Waals surface area (Å²) >= 11 is 0. The van der Waals surface area contributed by atoms with Crippen molar-refractivity contribution in [3.63, 3.8) is 0 Å². The largest absolute Gasteiger partial charge is 0.459 e. The number of hydrogen-bond acceptors (Lipinski definition) is 10. The molecule has 66 heavy (non-hydrogen) atoms. The molecule has 0 unspecified atom stereocenters. The molecule has 3 aliphatic rings. The van der Waals surface area contributed by atoms with E-state index in [9.17, 15) is 19.8 Å². The van der Waals surface area contributed by atoms with Crippen LogP contribution in [-0.4, -0.2) is 71.5 Å². The number of rotatable bonds is 21. The fraction of sp³-hybridized carbons (Fsp3) is 0.364. The number of carbonyl (C=O) groups is 2. The summed E-state index contributed by atoms with van der Waals surface area (Å²) in [5.74, 6) is -0.567. The zero-order valence-corrected chi connectivity index (χ0v) is 37.6. The second-order valence-corrected chi connectivity index (χ2v) is 17.3. The number of unbranched alkanes of at least 4 members (excludes halogenated alkanes) is 2. The summed E-state index contributed by atoms with van der Waals surface area (Å²) < 4.78 is 27.1. The molecular weight excluding hydrogens is 833 g/mol. The van der Waals surface area contributed by atoms with Crippen molar-refractivity contribution >= 4 is 28.9 Å². The fourth-order valence-electron chi connectivity index (χ4n) is 10.4. The van der Waals surface area contributed by atoms with Crippen LogP contribution in [-0.2, 0) is 27.5 Å². The minimum absolute atomic E-state index is 0.00587. The number of amides is 1. The van der Waals surface area contributed by atoms with Gasteiger partial charge in [-0.1, -0.05) is 115 Å². The molecule has 1 fully saturated rings. The van der Waals surface area contributed by atoms with Gasteiger partial charge in [0.05, 0.1) is 31.4 Å². The van der Waals surface area contributed by atoms with Crippen LogP contribution in [0, 0.1) is 17.8 Å². The molecule has 11 nitrogen and oxygen atoms in total. The Kier molecular flexibility index (Phi) is 15.3. The van der Waals surface area contributed by atoms with Gasteiger partial charge in [-0.3, -0.25) is 9.69 Å². The summed E-state index contributed by atoms with van der Waals surface area (Å²) in [5.41, 5.74) is 4.91. The predicted octanol–water partition coefficient (Wildman–Crippen LogP) is 10.9. The summed E-state index contributed by atoms with van der Waals surface area (Å²) in [7, 11) is 0. The number of fused-ring (bicyclic) bond motifs is 3. The summed E-state index contributed by atoms with van der Waals surface area (Å²) in [6, 6.07) is 36.2. The number of benzene rings is 5. The summed E-state index contributed by atoms with van der Waals surface area (Å²) in [6.45, 7) is 6.73. The third-order valence-corrected chi connectivity index (χ3v) is 13.2. The van der Waals surface area contributed by atoms with Gasteiger partial charge >= 0.3 is 6.09 Å². The molecule has 1 aliphatic heterocycles. The van der Waals surface area contributed by atoms with E-state index in [1.807, 2.05) is 78.9 Å². The van der Waals surface area contributed by atoms with Crippen LogP contribution in [0.4, 0.5) is 4.79 Å². The monoisotopic (exact) mass is 892 g/mol. The highest BCUT2D eigenvalue weighted by atomic mass is 16.7. The van der Waals surface area contributed by atoms with Crippen molar-refractivity contribution in [2.24, 2.45) is 22.9 Å². The Bertz CT molecular complexity index is 2520.